The van der Waals surface area contributed by atoms with E-state index in [1.807, 2.05) is 0 Å². The number of rotatable bonds is 8. The molecule has 3 aliphatic rings. The molecular weight excluding hydrogens is 560 g/mol. The first-order valence-corrected chi connectivity index (χ1v) is 13.2. The van der Waals surface area contributed by atoms with Gasteiger partial charge < -0.3 is 59.1 Å². The Labute approximate surface area is 239 Å². The van der Waals surface area contributed by atoms with Crippen molar-refractivity contribution >= 4 is 11.8 Å². The van der Waals surface area contributed by atoms with E-state index < -0.39 is 80.6 Å². The van der Waals surface area contributed by atoms with Crippen LogP contribution in [0.25, 0.3) is 0 Å². The van der Waals surface area contributed by atoms with Crippen LogP contribution in [0, 0.1) is 0 Å². The monoisotopic (exact) mass is 592 g/mol. The summed E-state index contributed by atoms with van der Waals surface area (Å²) < 4.78 is 33.7. The average Bonchev–Trinajstić information content (AvgIpc) is 3.26. The van der Waals surface area contributed by atoms with Gasteiger partial charge >= 0.3 is 5.97 Å². The molecule has 0 amide bonds. The Morgan fingerprint density at radius 2 is 1.79 bits per heavy atom. The molecule has 2 fully saturated rings. The zero-order chi connectivity index (χ0) is 30.2. The Hall–Kier alpha value is -3.34. The fraction of sp³-hybridized carbons (Fsp3) is 0.500. The van der Waals surface area contributed by atoms with Crippen molar-refractivity contribution in [1.29, 1.82) is 0 Å². The SMILES string of the molecule is CC(=O)OC1(CO)CO[C@@H](OC2[C@H](Oc3ccc(C4CC(=O)c5ccc(O)cc5O4)cc3)OC(CO)[C@@H](O)[C@@H]2O)[C@H]1O. The Morgan fingerprint density at radius 1 is 1.05 bits per heavy atom. The standard InChI is InChI=1S/C28H32O14/c1-13(31)42-28(11-30)12-37-27(25(28)36)41-24-23(35)22(34)21(10-29)40-26(24)38-16-5-2-14(3-6-16)19-9-18(33)17-7-4-15(32)8-20(17)39-19/h2-8,19,21-27,29-30,32,34-36H,9-12H2,1H3/t19?,21?,22-,23+,24?,25-,26-,27+,28?/m1/s1. The predicted octanol–water partition coefficient (Wildman–Crippen LogP) is -0.687. The number of carbonyl (C=O) groups excluding carboxylic acids is 2. The minimum Gasteiger partial charge on any atom is -0.508 e. The Balaban J connectivity index is 1.31. The molecule has 228 valence electrons. The number of fused-ring (bicyclic) bond motifs is 1. The number of aromatic hydroxyl groups is 1. The number of Topliss-reactive ketones (excluding diaryl/α,β-unsaturated/α-hetero) is 1. The van der Waals surface area contributed by atoms with Gasteiger partial charge in [0.15, 0.2) is 23.8 Å². The highest BCUT2D eigenvalue weighted by Gasteiger charge is 2.56. The highest BCUT2D eigenvalue weighted by atomic mass is 16.8. The number of ketones is 1. The van der Waals surface area contributed by atoms with Crippen molar-refractivity contribution in [3.05, 3.63) is 53.6 Å². The second-order valence-electron chi connectivity index (χ2n) is 10.3. The molecule has 2 aromatic carbocycles. The zero-order valence-electron chi connectivity index (χ0n) is 22.4. The van der Waals surface area contributed by atoms with Crippen LogP contribution in [0.15, 0.2) is 42.5 Å². The van der Waals surface area contributed by atoms with Crippen molar-refractivity contribution in [2.45, 2.75) is 68.1 Å². The number of aliphatic hydroxyl groups is 5. The summed E-state index contributed by atoms with van der Waals surface area (Å²) in [5.74, 6) is -0.465. The molecule has 5 rings (SSSR count). The highest BCUT2D eigenvalue weighted by molar-refractivity contribution is 6.00. The molecule has 42 heavy (non-hydrogen) atoms. The second-order valence-corrected chi connectivity index (χ2v) is 10.3. The number of phenolic OH excluding ortho intramolecular Hbond substituents is 1. The normalized spacial score (nSPS) is 34.4. The molecule has 2 saturated heterocycles. The van der Waals surface area contributed by atoms with Gasteiger partial charge in [0.25, 0.3) is 0 Å². The van der Waals surface area contributed by atoms with Crippen molar-refractivity contribution in [2.24, 2.45) is 0 Å². The molecule has 0 aromatic heterocycles. The number of hydrogen-bond donors (Lipinski definition) is 6. The van der Waals surface area contributed by atoms with Crippen LogP contribution in [-0.2, 0) is 23.7 Å². The number of ether oxygens (including phenoxy) is 6. The van der Waals surface area contributed by atoms with Gasteiger partial charge in [0.2, 0.25) is 6.29 Å². The Kier molecular flexibility index (Phi) is 8.68. The maximum absolute atomic E-state index is 12.6. The average molecular weight is 593 g/mol. The van der Waals surface area contributed by atoms with Crippen LogP contribution < -0.4 is 9.47 Å². The number of phenols is 1. The van der Waals surface area contributed by atoms with E-state index in [-0.39, 0.29) is 29.5 Å². The highest BCUT2D eigenvalue weighted by Crippen LogP contribution is 2.38. The van der Waals surface area contributed by atoms with E-state index >= 15 is 0 Å². The Bertz CT molecular complexity index is 1280. The van der Waals surface area contributed by atoms with Gasteiger partial charge in [0.05, 0.1) is 31.8 Å². The van der Waals surface area contributed by atoms with Gasteiger partial charge in [-0.15, -0.1) is 0 Å². The number of esters is 1. The minimum atomic E-state index is -1.81. The van der Waals surface area contributed by atoms with Crippen LogP contribution >= 0.6 is 0 Å². The topological polar surface area (TPSA) is 211 Å². The van der Waals surface area contributed by atoms with Crippen molar-refractivity contribution in [3.63, 3.8) is 0 Å². The van der Waals surface area contributed by atoms with Crippen LogP contribution in [0.2, 0.25) is 0 Å². The van der Waals surface area contributed by atoms with E-state index in [9.17, 15) is 40.2 Å². The fourth-order valence-corrected chi connectivity index (χ4v) is 5.15. The van der Waals surface area contributed by atoms with E-state index in [1.54, 1.807) is 24.3 Å². The maximum Gasteiger partial charge on any atom is 0.303 e. The molecule has 3 heterocycles. The molecule has 6 N–H and O–H groups in total. The molecule has 0 radical (unpaired) electrons. The van der Waals surface area contributed by atoms with E-state index in [0.29, 0.717) is 11.1 Å². The van der Waals surface area contributed by atoms with Crippen molar-refractivity contribution in [2.75, 3.05) is 19.8 Å². The maximum atomic E-state index is 12.6. The van der Waals surface area contributed by atoms with Crippen molar-refractivity contribution in [3.8, 4) is 17.2 Å². The molecule has 3 aliphatic heterocycles. The molecule has 14 nitrogen and oxygen atoms in total. The molecule has 0 bridgehead atoms. The van der Waals surface area contributed by atoms with Gasteiger partial charge in [-0.05, 0) is 29.8 Å². The third-order valence-electron chi connectivity index (χ3n) is 7.43. The fourth-order valence-electron chi connectivity index (χ4n) is 5.15. The van der Waals surface area contributed by atoms with Crippen molar-refractivity contribution in [1.82, 2.24) is 0 Å². The third kappa shape index (κ3) is 5.80. The molecule has 4 unspecified atom stereocenters. The summed E-state index contributed by atoms with van der Waals surface area (Å²) in [6.07, 6.45) is -11.1. The molecule has 9 atom stereocenters. The molecule has 0 aliphatic carbocycles. The van der Waals surface area contributed by atoms with Gasteiger partial charge in [-0.2, -0.15) is 0 Å². The molecule has 2 aromatic rings. The smallest absolute Gasteiger partial charge is 0.303 e. The van der Waals surface area contributed by atoms with Gasteiger partial charge in [-0.3, -0.25) is 9.59 Å². The molecule has 0 spiro atoms. The number of carbonyl (C=O) groups is 2. The number of hydrogen-bond acceptors (Lipinski definition) is 14. The first-order chi connectivity index (χ1) is 20.0. The van der Waals surface area contributed by atoms with E-state index in [4.69, 9.17) is 28.4 Å². The van der Waals surface area contributed by atoms with Gasteiger partial charge in [0.1, 0.15) is 47.8 Å². The molecule has 14 heteroatoms. The second kappa shape index (κ2) is 12.1. The largest absolute Gasteiger partial charge is 0.508 e. The summed E-state index contributed by atoms with van der Waals surface area (Å²) in [4.78, 5) is 24.1. The van der Waals surface area contributed by atoms with Gasteiger partial charge in [0, 0.05) is 13.0 Å². The third-order valence-corrected chi connectivity index (χ3v) is 7.43. The summed E-state index contributed by atoms with van der Waals surface area (Å²) in [5.41, 5.74) is -0.791. The van der Waals surface area contributed by atoms with Gasteiger partial charge in [-0.1, -0.05) is 12.1 Å². The summed E-state index contributed by atoms with van der Waals surface area (Å²) in [6.45, 7) is -0.749. The van der Waals surface area contributed by atoms with Crippen LogP contribution in [0.3, 0.4) is 0 Å². The quantitative estimate of drug-likeness (QED) is 0.210. The van der Waals surface area contributed by atoms with Crippen LogP contribution in [-0.4, -0.2) is 111 Å². The summed E-state index contributed by atoms with van der Waals surface area (Å²) in [6, 6.07) is 10.7. The lowest BCUT2D eigenvalue weighted by molar-refractivity contribution is -0.319. The predicted molar refractivity (Wildman–Crippen MR) is 137 cm³/mol. The van der Waals surface area contributed by atoms with Crippen LogP contribution in [0.1, 0.15) is 35.4 Å². The number of benzene rings is 2. The van der Waals surface area contributed by atoms with Gasteiger partial charge in [-0.25, -0.2) is 0 Å². The van der Waals surface area contributed by atoms with Crippen LogP contribution in [0.4, 0.5) is 0 Å². The summed E-state index contributed by atoms with van der Waals surface area (Å²) >= 11 is 0. The summed E-state index contributed by atoms with van der Waals surface area (Å²) in [7, 11) is 0. The first-order valence-electron chi connectivity index (χ1n) is 13.2. The van der Waals surface area contributed by atoms with Crippen LogP contribution in [0.5, 0.6) is 17.2 Å². The minimum absolute atomic E-state index is 0.0346. The Morgan fingerprint density at radius 3 is 2.45 bits per heavy atom. The molecule has 0 saturated carbocycles. The molecular formula is C28H32O14. The number of aliphatic hydroxyl groups excluding tert-OH is 5. The van der Waals surface area contributed by atoms with E-state index in [2.05, 4.69) is 0 Å². The lowest BCUT2D eigenvalue weighted by atomic mass is 9.96. The summed E-state index contributed by atoms with van der Waals surface area (Å²) in [5, 5.41) is 61.2. The zero-order valence-corrected chi connectivity index (χ0v) is 22.4. The first kappa shape index (κ1) is 30.1. The van der Waals surface area contributed by atoms with Crippen molar-refractivity contribution < 1.29 is 68.6 Å². The van der Waals surface area contributed by atoms with E-state index in [1.165, 1.54) is 18.2 Å². The lowest BCUT2D eigenvalue weighted by Gasteiger charge is -2.42. The van der Waals surface area contributed by atoms with E-state index in [0.717, 1.165) is 6.92 Å². The lowest BCUT2D eigenvalue weighted by Crippen LogP contribution is -2.62.